The fourth-order valence-corrected chi connectivity index (χ4v) is 3.42. The zero-order valence-electron chi connectivity index (χ0n) is 9.51. The van der Waals surface area contributed by atoms with Crippen LogP contribution >= 0.6 is 23.3 Å². The van der Waals surface area contributed by atoms with Crippen molar-refractivity contribution in [2.75, 3.05) is 5.32 Å². The van der Waals surface area contributed by atoms with Crippen molar-refractivity contribution >= 4 is 34.9 Å². The molecule has 5 nitrogen and oxygen atoms in total. The van der Waals surface area contributed by atoms with Crippen LogP contribution in [-0.4, -0.2) is 15.3 Å². The Labute approximate surface area is 112 Å². The minimum atomic E-state index is -0.553. The average molecular weight is 278 g/mol. The quantitative estimate of drug-likeness (QED) is 0.877. The molecule has 1 atom stereocenters. The van der Waals surface area contributed by atoms with Crippen molar-refractivity contribution in [1.29, 1.82) is 0 Å². The Morgan fingerprint density at radius 1 is 1.50 bits per heavy atom. The van der Waals surface area contributed by atoms with Crippen LogP contribution in [-0.2, 0) is 4.79 Å². The summed E-state index contributed by atoms with van der Waals surface area (Å²) >= 11 is 2.90. The number of aromatic nitrogens is 2. The van der Waals surface area contributed by atoms with E-state index in [0.29, 0.717) is 0 Å². The maximum absolute atomic E-state index is 11.4. The van der Waals surface area contributed by atoms with Crippen LogP contribution in [0.4, 0.5) is 5.69 Å². The number of nitrogens with zero attached hydrogens (tertiary/aromatic N) is 2. The van der Waals surface area contributed by atoms with Gasteiger partial charge in [0.2, 0.25) is 5.91 Å². The molecule has 0 spiro atoms. The van der Waals surface area contributed by atoms with Crippen LogP contribution in [0.3, 0.4) is 0 Å². The zero-order valence-corrected chi connectivity index (χ0v) is 11.1. The van der Waals surface area contributed by atoms with Gasteiger partial charge in [0.15, 0.2) is 4.34 Å². The van der Waals surface area contributed by atoms with Crippen molar-refractivity contribution in [2.24, 2.45) is 5.73 Å². The number of nitrogens with one attached hydrogen (secondary N) is 1. The zero-order chi connectivity index (χ0) is 12.7. The minimum absolute atomic E-state index is 0.154. The maximum Gasteiger partial charge on any atom is 0.245 e. The summed E-state index contributed by atoms with van der Waals surface area (Å²) in [5.41, 5.74) is 7.39. The van der Waals surface area contributed by atoms with Gasteiger partial charge in [0.1, 0.15) is 11.9 Å². The topological polar surface area (TPSA) is 80.9 Å². The Bertz CT molecular complexity index is 625. The SMILES string of the molecule is Cc1nsc(Sc2ccc3c(c2)NC(=O)C3N)n1. The van der Waals surface area contributed by atoms with Gasteiger partial charge in [0.05, 0.1) is 0 Å². The molecule has 1 aromatic carbocycles. The van der Waals surface area contributed by atoms with Crippen LogP contribution in [0.2, 0.25) is 0 Å². The van der Waals surface area contributed by atoms with Gasteiger partial charge in [-0.15, -0.1) is 0 Å². The molecule has 18 heavy (non-hydrogen) atoms. The molecule has 7 heteroatoms. The average Bonchev–Trinajstić information content (AvgIpc) is 2.85. The summed E-state index contributed by atoms with van der Waals surface area (Å²) in [7, 11) is 0. The van der Waals surface area contributed by atoms with Crippen molar-refractivity contribution in [3.63, 3.8) is 0 Å². The Balaban J connectivity index is 1.88. The van der Waals surface area contributed by atoms with Crippen LogP contribution in [0, 0.1) is 6.92 Å². The van der Waals surface area contributed by atoms with E-state index >= 15 is 0 Å². The first-order valence-electron chi connectivity index (χ1n) is 5.32. The summed E-state index contributed by atoms with van der Waals surface area (Å²) < 4.78 is 5.02. The molecule has 92 valence electrons. The van der Waals surface area contributed by atoms with Crippen molar-refractivity contribution < 1.29 is 4.79 Å². The van der Waals surface area contributed by atoms with Gasteiger partial charge in [-0.25, -0.2) is 4.98 Å². The van der Waals surface area contributed by atoms with E-state index in [-0.39, 0.29) is 5.91 Å². The smallest absolute Gasteiger partial charge is 0.245 e. The number of rotatable bonds is 2. The molecule has 1 aliphatic rings. The van der Waals surface area contributed by atoms with E-state index in [1.807, 2.05) is 25.1 Å². The largest absolute Gasteiger partial charge is 0.324 e. The lowest BCUT2D eigenvalue weighted by atomic mass is 10.1. The highest BCUT2D eigenvalue weighted by Crippen LogP contribution is 2.36. The highest BCUT2D eigenvalue weighted by atomic mass is 32.2. The normalized spacial score (nSPS) is 17.7. The Morgan fingerprint density at radius 2 is 2.33 bits per heavy atom. The number of aryl methyl sites for hydroxylation is 1. The van der Waals surface area contributed by atoms with E-state index in [0.717, 1.165) is 26.3 Å². The van der Waals surface area contributed by atoms with Crippen LogP contribution in [0.25, 0.3) is 0 Å². The highest BCUT2D eigenvalue weighted by molar-refractivity contribution is 8.01. The summed E-state index contributed by atoms with van der Waals surface area (Å²) in [4.78, 5) is 16.7. The molecule has 1 amide bonds. The summed E-state index contributed by atoms with van der Waals surface area (Å²) in [5, 5.41) is 2.77. The van der Waals surface area contributed by atoms with E-state index in [9.17, 15) is 4.79 Å². The molecule has 0 bridgehead atoms. The second-order valence-electron chi connectivity index (χ2n) is 3.93. The van der Waals surface area contributed by atoms with Crippen molar-refractivity contribution in [2.45, 2.75) is 22.2 Å². The molecule has 1 aliphatic heterocycles. The monoisotopic (exact) mass is 278 g/mol. The second kappa shape index (κ2) is 4.34. The second-order valence-corrected chi connectivity index (χ2v) is 6.00. The first-order chi connectivity index (χ1) is 8.63. The van der Waals surface area contributed by atoms with Gasteiger partial charge < -0.3 is 11.1 Å². The van der Waals surface area contributed by atoms with E-state index in [1.165, 1.54) is 23.3 Å². The number of amides is 1. The van der Waals surface area contributed by atoms with Crippen molar-refractivity contribution in [3.8, 4) is 0 Å². The van der Waals surface area contributed by atoms with E-state index < -0.39 is 6.04 Å². The van der Waals surface area contributed by atoms with Gasteiger partial charge in [0.25, 0.3) is 0 Å². The lowest BCUT2D eigenvalue weighted by Gasteiger charge is -2.03. The maximum atomic E-state index is 11.4. The Hall–Kier alpha value is -1.44. The number of anilines is 1. The fraction of sp³-hybridized carbons (Fsp3) is 0.182. The predicted molar refractivity (Wildman–Crippen MR) is 70.8 cm³/mol. The minimum Gasteiger partial charge on any atom is -0.324 e. The standard InChI is InChI=1S/C11H10N4OS2/c1-5-13-11(18-15-5)17-6-2-3-7-8(4-6)14-10(16)9(7)12/h2-4,9H,12H2,1H3,(H,14,16). The number of hydrogen-bond acceptors (Lipinski definition) is 6. The third-order valence-corrected chi connectivity index (χ3v) is 4.45. The molecular weight excluding hydrogens is 268 g/mol. The highest BCUT2D eigenvalue weighted by Gasteiger charge is 2.27. The van der Waals surface area contributed by atoms with Gasteiger partial charge in [-0.1, -0.05) is 17.8 Å². The van der Waals surface area contributed by atoms with E-state index in [2.05, 4.69) is 14.7 Å². The van der Waals surface area contributed by atoms with Gasteiger partial charge in [-0.05, 0) is 30.6 Å². The molecule has 0 fully saturated rings. The molecule has 1 aromatic heterocycles. The lowest BCUT2D eigenvalue weighted by Crippen LogP contribution is -2.19. The molecule has 0 saturated carbocycles. The van der Waals surface area contributed by atoms with Gasteiger partial charge in [-0.2, -0.15) is 4.37 Å². The number of carbonyl (C=O) groups excluding carboxylic acids is 1. The molecule has 1 unspecified atom stereocenters. The lowest BCUT2D eigenvalue weighted by molar-refractivity contribution is -0.116. The third-order valence-electron chi connectivity index (χ3n) is 2.61. The van der Waals surface area contributed by atoms with Gasteiger partial charge >= 0.3 is 0 Å². The molecule has 2 heterocycles. The van der Waals surface area contributed by atoms with E-state index in [1.54, 1.807) is 0 Å². The number of carbonyl (C=O) groups is 1. The number of hydrogen-bond donors (Lipinski definition) is 2. The van der Waals surface area contributed by atoms with Crippen LogP contribution in [0.5, 0.6) is 0 Å². The van der Waals surface area contributed by atoms with Gasteiger partial charge in [-0.3, -0.25) is 4.79 Å². The van der Waals surface area contributed by atoms with Crippen molar-refractivity contribution in [1.82, 2.24) is 9.36 Å². The molecule has 0 saturated heterocycles. The Morgan fingerprint density at radius 3 is 3.06 bits per heavy atom. The molecule has 2 aromatic rings. The van der Waals surface area contributed by atoms with Gasteiger partial charge in [0, 0.05) is 16.1 Å². The summed E-state index contributed by atoms with van der Waals surface area (Å²) in [6, 6.07) is 5.19. The third kappa shape index (κ3) is 2.00. The van der Waals surface area contributed by atoms with Crippen molar-refractivity contribution in [3.05, 3.63) is 29.6 Å². The first-order valence-corrected chi connectivity index (χ1v) is 6.91. The predicted octanol–water partition coefficient (Wildman–Crippen LogP) is 1.95. The molecule has 3 N–H and O–H groups in total. The van der Waals surface area contributed by atoms with Crippen LogP contribution in [0.1, 0.15) is 17.4 Å². The fourth-order valence-electron chi connectivity index (χ4n) is 1.75. The summed E-state index contributed by atoms with van der Waals surface area (Å²) in [5.74, 6) is 0.623. The Kier molecular flexibility index (Phi) is 2.81. The van der Waals surface area contributed by atoms with E-state index in [4.69, 9.17) is 5.73 Å². The molecule has 0 aliphatic carbocycles. The van der Waals surface area contributed by atoms with Crippen LogP contribution in [0.15, 0.2) is 27.4 Å². The molecule has 0 radical (unpaired) electrons. The van der Waals surface area contributed by atoms with Crippen LogP contribution < -0.4 is 11.1 Å². The number of benzene rings is 1. The number of fused-ring (bicyclic) bond motifs is 1. The first kappa shape index (κ1) is 11.6. The summed E-state index contributed by atoms with van der Waals surface area (Å²) in [6.07, 6.45) is 0. The summed E-state index contributed by atoms with van der Waals surface area (Å²) in [6.45, 7) is 1.86. The molecular formula is C11H10N4OS2. The molecule has 3 rings (SSSR count). The number of nitrogens with two attached hydrogens (primary N) is 1.